The van der Waals surface area contributed by atoms with Gasteiger partial charge in [-0.3, -0.25) is 14.4 Å². The van der Waals surface area contributed by atoms with Crippen LogP contribution in [0.2, 0.25) is 0 Å². The topological polar surface area (TPSA) is 103 Å². The van der Waals surface area contributed by atoms with E-state index in [0.717, 1.165) is 31.5 Å². The summed E-state index contributed by atoms with van der Waals surface area (Å²) in [6, 6.07) is 5.92. The summed E-state index contributed by atoms with van der Waals surface area (Å²) in [5.74, 6) is 0.474. The number of piperidine rings is 1. The number of nitrogens with zero attached hydrogens (tertiary/aromatic N) is 3. The molecule has 1 saturated heterocycles. The van der Waals surface area contributed by atoms with Gasteiger partial charge in [-0.2, -0.15) is 0 Å². The Kier molecular flexibility index (Phi) is 10.5. The predicted octanol–water partition coefficient (Wildman–Crippen LogP) is 3.04. The summed E-state index contributed by atoms with van der Waals surface area (Å²) in [6.45, 7) is 10.8. The fourth-order valence-corrected chi connectivity index (χ4v) is 6.18. The smallest absolute Gasteiger partial charge is 0.270 e. The quantitative estimate of drug-likeness (QED) is 0.343. The molecule has 1 aliphatic carbocycles. The van der Waals surface area contributed by atoms with Gasteiger partial charge in [0.2, 0.25) is 11.8 Å². The van der Waals surface area contributed by atoms with Crippen molar-refractivity contribution in [1.82, 2.24) is 15.5 Å². The lowest BCUT2D eigenvalue weighted by atomic mass is 9.88. The number of fused-ring (bicyclic) bond motifs is 1. The van der Waals surface area contributed by atoms with Gasteiger partial charge in [0.05, 0.1) is 17.5 Å². The van der Waals surface area contributed by atoms with E-state index in [-0.39, 0.29) is 41.6 Å². The minimum absolute atomic E-state index is 0.0178. The number of anilines is 2. The van der Waals surface area contributed by atoms with Gasteiger partial charge in [-0.05, 0) is 84.2 Å². The van der Waals surface area contributed by atoms with Crippen molar-refractivity contribution in [2.75, 3.05) is 63.8 Å². The molecular formula is C32H51N5O5. The molecule has 10 nitrogen and oxygen atoms in total. The van der Waals surface area contributed by atoms with E-state index in [2.05, 4.69) is 29.4 Å². The molecule has 2 N–H and O–H groups in total. The average Bonchev–Trinajstić information content (AvgIpc) is 3.75. The molecule has 0 spiro atoms. The zero-order chi connectivity index (χ0) is 30.6. The van der Waals surface area contributed by atoms with Crippen LogP contribution < -0.4 is 25.2 Å². The number of carbonyl (C=O) groups excluding carboxylic acids is 3. The van der Waals surface area contributed by atoms with Gasteiger partial charge in [-0.25, -0.2) is 0 Å². The molecule has 3 aliphatic rings. The summed E-state index contributed by atoms with van der Waals surface area (Å²) >= 11 is 0. The lowest BCUT2D eigenvalue weighted by Gasteiger charge is -2.40. The number of carbonyl (C=O) groups is 3. The normalized spacial score (nSPS) is 22.5. The maximum Gasteiger partial charge on any atom is 0.270 e. The standard InChI is InChI=1S/C32H51N5O5/c1-21(2)15-24(20-35(5)6)34-29(38)22-16-23(19-33-18-22)30(39)37(25-9-10-25)26-11-12-28-27(17-26)36(13-8-14-41-7)31(40)32(3,4)42-28/h11-12,17,21-25,33H,8-10,13-16,18-20H2,1-7H3,(H,34,38)/t22-,23+,24+/m0/s1. The van der Waals surface area contributed by atoms with Gasteiger partial charge in [-0.1, -0.05) is 13.8 Å². The van der Waals surface area contributed by atoms with Crippen LogP contribution in [0, 0.1) is 17.8 Å². The number of rotatable bonds is 13. The van der Waals surface area contributed by atoms with Gasteiger partial charge in [0.25, 0.3) is 5.91 Å². The molecule has 2 heterocycles. The maximum atomic E-state index is 14.1. The van der Waals surface area contributed by atoms with Crippen LogP contribution in [0.1, 0.15) is 59.8 Å². The van der Waals surface area contributed by atoms with Crippen molar-refractivity contribution in [3.8, 4) is 5.75 Å². The van der Waals surface area contributed by atoms with E-state index in [1.54, 1.807) is 25.9 Å². The molecule has 3 atom stereocenters. The molecule has 4 rings (SSSR count). The monoisotopic (exact) mass is 585 g/mol. The predicted molar refractivity (Wildman–Crippen MR) is 165 cm³/mol. The van der Waals surface area contributed by atoms with Crippen molar-refractivity contribution in [1.29, 1.82) is 0 Å². The Bertz CT molecular complexity index is 1110. The molecule has 2 fully saturated rings. The van der Waals surface area contributed by atoms with Crippen molar-refractivity contribution < 1.29 is 23.9 Å². The lowest BCUT2D eigenvalue weighted by Crippen LogP contribution is -2.53. The van der Waals surface area contributed by atoms with Crippen molar-refractivity contribution in [3.05, 3.63) is 18.2 Å². The van der Waals surface area contributed by atoms with Crippen molar-refractivity contribution in [3.63, 3.8) is 0 Å². The fraction of sp³-hybridized carbons (Fsp3) is 0.719. The Labute approximate surface area is 251 Å². The molecule has 2 aliphatic heterocycles. The molecule has 234 valence electrons. The van der Waals surface area contributed by atoms with E-state index < -0.39 is 5.60 Å². The largest absolute Gasteiger partial charge is 0.476 e. The number of hydrogen-bond donors (Lipinski definition) is 2. The van der Waals surface area contributed by atoms with Gasteiger partial charge in [0.1, 0.15) is 5.75 Å². The highest BCUT2D eigenvalue weighted by Gasteiger charge is 2.43. The molecule has 1 saturated carbocycles. The number of ether oxygens (including phenoxy) is 2. The molecule has 10 heteroatoms. The third kappa shape index (κ3) is 7.82. The zero-order valence-electron chi connectivity index (χ0n) is 26.6. The second kappa shape index (κ2) is 13.7. The Morgan fingerprint density at radius 1 is 1.19 bits per heavy atom. The van der Waals surface area contributed by atoms with E-state index in [1.807, 2.05) is 37.2 Å². The molecule has 0 aromatic heterocycles. The highest BCUT2D eigenvalue weighted by molar-refractivity contribution is 6.04. The van der Waals surface area contributed by atoms with Gasteiger partial charge in [0.15, 0.2) is 5.60 Å². The van der Waals surface area contributed by atoms with Crippen molar-refractivity contribution >= 4 is 29.1 Å². The minimum atomic E-state index is -0.975. The molecular weight excluding hydrogens is 534 g/mol. The first-order valence-electron chi connectivity index (χ1n) is 15.5. The van der Waals surface area contributed by atoms with Crippen LogP contribution in [0.5, 0.6) is 5.75 Å². The summed E-state index contributed by atoms with van der Waals surface area (Å²) in [4.78, 5) is 46.6. The summed E-state index contributed by atoms with van der Waals surface area (Å²) in [7, 11) is 5.69. The van der Waals surface area contributed by atoms with Crippen molar-refractivity contribution in [2.24, 2.45) is 17.8 Å². The highest BCUT2D eigenvalue weighted by Crippen LogP contribution is 2.43. The van der Waals surface area contributed by atoms with Gasteiger partial charge in [-0.15, -0.1) is 0 Å². The van der Waals surface area contributed by atoms with Crippen LogP contribution in [0.15, 0.2) is 18.2 Å². The fourth-order valence-electron chi connectivity index (χ4n) is 6.18. The molecule has 0 bridgehead atoms. The number of benzene rings is 1. The number of nitrogens with one attached hydrogen (secondary N) is 2. The first-order chi connectivity index (χ1) is 19.9. The Morgan fingerprint density at radius 2 is 1.90 bits per heavy atom. The number of amides is 3. The summed E-state index contributed by atoms with van der Waals surface area (Å²) in [6.07, 6.45) is 3.99. The average molecular weight is 586 g/mol. The van der Waals surface area contributed by atoms with Crippen LogP contribution >= 0.6 is 0 Å². The Morgan fingerprint density at radius 3 is 2.55 bits per heavy atom. The molecule has 0 radical (unpaired) electrons. The first-order valence-corrected chi connectivity index (χ1v) is 15.5. The van der Waals surface area contributed by atoms with Crippen LogP contribution in [0.3, 0.4) is 0 Å². The summed E-state index contributed by atoms with van der Waals surface area (Å²) < 4.78 is 11.3. The highest BCUT2D eigenvalue weighted by atomic mass is 16.5. The van der Waals surface area contributed by atoms with Crippen LogP contribution in [-0.2, 0) is 19.1 Å². The van der Waals surface area contributed by atoms with Gasteiger partial charge < -0.3 is 34.8 Å². The Balaban J connectivity index is 1.52. The van der Waals surface area contributed by atoms with Crippen LogP contribution in [0.4, 0.5) is 11.4 Å². The number of likely N-dealkylation sites (N-methyl/N-ethyl adjacent to an activating group) is 1. The van der Waals surface area contributed by atoms with E-state index in [1.165, 1.54) is 0 Å². The minimum Gasteiger partial charge on any atom is -0.476 e. The summed E-state index contributed by atoms with van der Waals surface area (Å²) in [5, 5.41) is 6.63. The SMILES string of the molecule is COCCCN1C(=O)C(C)(C)Oc2ccc(N(C(=O)[C@H]3CNC[C@@H](C(=O)N[C@H](CC(C)C)CN(C)C)C3)C3CC3)cc21. The molecule has 3 amide bonds. The summed E-state index contributed by atoms with van der Waals surface area (Å²) in [5.41, 5.74) is 0.476. The molecule has 42 heavy (non-hydrogen) atoms. The molecule has 0 unspecified atom stereocenters. The van der Waals surface area contributed by atoms with Gasteiger partial charge >= 0.3 is 0 Å². The number of hydrogen-bond acceptors (Lipinski definition) is 7. The van der Waals surface area contributed by atoms with Gasteiger partial charge in [0, 0.05) is 57.7 Å². The molecule has 1 aromatic rings. The Hall–Kier alpha value is -2.69. The first kappa shape index (κ1) is 32.2. The van der Waals surface area contributed by atoms with Crippen molar-refractivity contribution in [2.45, 2.75) is 77.5 Å². The van der Waals surface area contributed by atoms with E-state index in [9.17, 15) is 14.4 Å². The lowest BCUT2D eigenvalue weighted by molar-refractivity contribution is -0.132. The van der Waals surface area contributed by atoms with E-state index in [0.29, 0.717) is 56.4 Å². The maximum absolute atomic E-state index is 14.1. The zero-order valence-corrected chi connectivity index (χ0v) is 26.6. The third-order valence-electron chi connectivity index (χ3n) is 8.27. The van der Waals surface area contributed by atoms with E-state index in [4.69, 9.17) is 9.47 Å². The molecule has 1 aromatic carbocycles. The van der Waals surface area contributed by atoms with Crippen LogP contribution in [0.25, 0.3) is 0 Å². The van der Waals surface area contributed by atoms with Crippen LogP contribution in [-0.4, -0.2) is 94.3 Å². The second-order valence-corrected chi connectivity index (χ2v) is 13.4. The third-order valence-corrected chi connectivity index (χ3v) is 8.27. The van der Waals surface area contributed by atoms with E-state index >= 15 is 0 Å². The second-order valence-electron chi connectivity index (χ2n) is 13.4. The number of methoxy groups -OCH3 is 1.